The molecule has 1 aliphatic heterocycles. The monoisotopic (exact) mass is 284 g/mol. The second-order valence-electron chi connectivity index (χ2n) is 5.27. The summed E-state index contributed by atoms with van der Waals surface area (Å²) >= 11 is 0. The lowest BCUT2D eigenvalue weighted by Gasteiger charge is -2.34. The summed E-state index contributed by atoms with van der Waals surface area (Å²) in [5.41, 5.74) is 0. The molecule has 116 valence electrons. The summed E-state index contributed by atoms with van der Waals surface area (Å²) in [4.78, 5) is 25.6. The molecule has 1 amide bonds. The molecule has 20 heavy (non-hydrogen) atoms. The Labute approximate surface area is 122 Å². The Morgan fingerprint density at radius 3 is 2.75 bits per heavy atom. The van der Waals surface area contributed by atoms with E-state index in [2.05, 4.69) is 17.1 Å². The zero-order valence-corrected chi connectivity index (χ0v) is 12.8. The number of ether oxygens (including phenoxy) is 1. The lowest BCUT2D eigenvalue weighted by molar-refractivity contribution is -0.148. The molecule has 0 aromatic carbocycles. The summed E-state index contributed by atoms with van der Waals surface area (Å²) in [7, 11) is 0. The van der Waals surface area contributed by atoms with Gasteiger partial charge in [0.25, 0.3) is 0 Å². The largest absolute Gasteiger partial charge is 0.466 e. The number of nitrogens with zero attached hydrogens (tertiary/aromatic N) is 1. The SMILES string of the molecule is CCCCCCCN1CCNC(=O)[C@H]1CC(=O)OCC. The standard InChI is InChI=1S/C15H28N2O3/c1-3-5-6-7-8-10-17-11-9-16-15(19)13(17)12-14(18)20-4-2/h13H,3-12H2,1-2H3,(H,16,19)/t13-/m1/s1. The van der Waals surface area contributed by atoms with E-state index in [9.17, 15) is 9.59 Å². The third-order valence-corrected chi connectivity index (χ3v) is 3.66. The number of unbranched alkanes of at least 4 members (excludes halogenated alkanes) is 4. The molecule has 1 fully saturated rings. The van der Waals surface area contributed by atoms with Crippen LogP contribution in [-0.4, -0.2) is 49.1 Å². The van der Waals surface area contributed by atoms with E-state index in [-0.39, 0.29) is 24.3 Å². The Balaban J connectivity index is 2.39. The molecule has 0 spiro atoms. The summed E-state index contributed by atoms with van der Waals surface area (Å²) < 4.78 is 4.95. The van der Waals surface area contributed by atoms with Crippen molar-refractivity contribution >= 4 is 11.9 Å². The van der Waals surface area contributed by atoms with E-state index < -0.39 is 0 Å². The van der Waals surface area contributed by atoms with Crippen molar-refractivity contribution in [3.63, 3.8) is 0 Å². The number of hydrogen-bond acceptors (Lipinski definition) is 4. The van der Waals surface area contributed by atoms with Gasteiger partial charge in [0, 0.05) is 13.1 Å². The highest BCUT2D eigenvalue weighted by atomic mass is 16.5. The van der Waals surface area contributed by atoms with Gasteiger partial charge in [-0.1, -0.05) is 32.6 Å². The maximum absolute atomic E-state index is 11.9. The average Bonchev–Trinajstić information content (AvgIpc) is 2.42. The van der Waals surface area contributed by atoms with Crippen LogP contribution in [0.4, 0.5) is 0 Å². The number of rotatable bonds is 9. The first-order valence-electron chi connectivity index (χ1n) is 7.86. The van der Waals surface area contributed by atoms with Crippen molar-refractivity contribution < 1.29 is 14.3 Å². The van der Waals surface area contributed by atoms with Crippen LogP contribution in [0.2, 0.25) is 0 Å². The molecular weight excluding hydrogens is 256 g/mol. The van der Waals surface area contributed by atoms with Gasteiger partial charge in [-0.05, 0) is 19.9 Å². The predicted octanol–water partition coefficient (Wildman–Crippen LogP) is 1.71. The lowest BCUT2D eigenvalue weighted by atomic mass is 10.1. The molecular formula is C15H28N2O3. The van der Waals surface area contributed by atoms with Crippen LogP contribution in [0.25, 0.3) is 0 Å². The molecule has 0 aromatic heterocycles. The number of carbonyl (C=O) groups is 2. The van der Waals surface area contributed by atoms with Gasteiger partial charge in [0.05, 0.1) is 19.1 Å². The van der Waals surface area contributed by atoms with Crippen LogP contribution in [0.5, 0.6) is 0 Å². The Bertz CT molecular complexity index is 307. The van der Waals surface area contributed by atoms with Gasteiger partial charge in [0.15, 0.2) is 0 Å². The van der Waals surface area contributed by atoms with Crippen LogP contribution in [-0.2, 0) is 14.3 Å². The Morgan fingerprint density at radius 2 is 2.05 bits per heavy atom. The highest BCUT2D eigenvalue weighted by Crippen LogP contribution is 2.12. The first-order valence-corrected chi connectivity index (χ1v) is 7.86. The van der Waals surface area contributed by atoms with Crippen LogP contribution < -0.4 is 5.32 Å². The van der Waals surface area contributed by atoms with Crippen LogP contribution in [0.3, 0.4) is 0 Å². The second-order valence-corrected chi connectivity index (χ2v) is 5.27. The van der Waals surface area contributed by atoms with Crippen molar-refractivity contribution in [2.45, 2.75) is 58.4 Å². The minimum absolute atomic E-state index is 0.0436. The van der Waals surface area contributed by atoms with E-state index in [1.807, 2.05) is 0 Å². The number of amides is 1. The quantitative estimate of drug-likeness (QED) is 0.517. The highest BCUT2D eigenvalue weighted by molar-refractivity contribution is 5.87. The second kappa shape index (κ2) is 9.75. The van der Waals surface area contributed by atoms with Crippen molar-refractivity contribution in [2.75, 3.05) is 26.2 Å². The van der Waals surface area contributed by atoms with Gasteiger partial charge >= 0.3 is 5.97 Å². The van der Waals surface area contributed by atoms with Gasteiger partial charge in [-0.2, -0.15) is 0 Å². The fourth-order valence-corrected chi connectivity index (χ4v) is 2.55. The minimum atomic E-state index is -0.353. The molecule has 0 bridgehead atoms. The molecule has 5 nitrogen and oxygen atoms in total. The molecule has 1 aliphatic rings. The third kappa shape index (κ3) is 5.90. The molecule has 1 saturated heterocycles. The number of esters is 1. The van der Waals surface area contributed by atoms with Crippen molar-refractivity contribution in [1.82, 2.24) is 10.2 Å². The van der Waals surface area contributed by atoms with Gasteiger partial charge in [0.2, 0.25) is 5.91 Å². The topological polar surface area (TPSA) is 58.6 Å². The molecule has 1 atom stereocenters. The maximum atomic E-state index is 11.9. The van der Waals surface area contributed by atoms with E-state index in [0.29, 0.717) is 13.2 Å². The molecule has 0 aromatic rings. The van der Waals surface area contributed by atoms with E-state index >= 15 is 0 Å². The smallest absolute Gasteiger partial charge is 0.307 e. The van der Waals surface area contributed by atoms with Gasteiger partial charge in [-0.25, -0.2) is 0 Å². The molecule has 0 aliphatic carbocycles. The summed E-state index contributed by atoms with van der Waals surface area (Å²) in [5, 5.41) is 2.83. The van der Waals surface area contributed by atoms with Gasteiger partial charge in [0.1, 0.15) is 0 Å². The van der Waals surface area contributed by atoms with Gasteiger partial charge in [-0.3, -0.25) is 14.5 Å². The summed E-state index contributed by atoms with van der Waals surface area (Å²) in [6.45, 7) is 6.73. The molecule has 5 heteroatoms. The molecule has 1 N–H and O–H groups in total. The Hall–Kier alpha value is -1.10. The van der Waals surface area contributed by atoms with E-state index in [1.165, 1.54) is 25.7 Å². The van der Waals surface area contributed by atoms with Crippen molar-refractivity contribution in [2.24, 2.45) is 0 Å². The Kier molecular flexibility index (Phi) is 8.26. The van der Waals surface area contributed by atoms with Gasteiger partial charge in [-0.15, -0.1) is 0 Å². The molecule has 1 rings (SSSR count). The fourth-order valence-electron chi connectivity index (χ4n) is 2.55. The fraction of sp³-hybridized carbons (Fsp3) is 0.867. The highest BCUT2D eigenvalue weighted by Gasteiger charge is 2.31. The minimum Gasteiger partial charge on any atom is -0.466 e. The summed E-state index contributed by atoms with van der Waals surface area (Å²) in [6.07, 6.45) is 6.20. The van der Waals surface area contributed by atoms with E-state index in [0.717, 1.165) is 19.5 Å². The molecule has 0 saturated carbocycles. The van der Waals surface area contributed by atoms with Crippen LogP contribution >= 0.6 is 0 Å². The lowest BCUT2D eigenvalue weighted by Crippen LogP contribution is -2.56. The van der Waals surface area contributed by atoms with Gasteiger partial charge < -0.3 is 10.1 Å². The first-order chi connectivity index (χ1) is 9.69. The zero-order chi connectivity index (χ0) is 14.8. The van der Waals surface area contributed by atoms with Crippen molar-refractivity contribution in [1.29, 1.82) is 0 Å². The van der Waals surface area contributed by atoms with Crippen molar-refractivity contribution in [3.05, 3.63) is 0 Å². The number of piperazine rings is 1. The molecule has 1 heterocycles. The van der Waals surface area contributed by atoms with E-state index in [4.69, 9.17) is 4.74 Å². The zero-order valence-electron chi connectivity index (χ0n) is 12.8. The molecule has 0 radical (unpaired) electrons. The number of carbonyl (C=O) groups excluding carboxylic acids is 2. The maximum Gasteiger partial charge on any atom is 0.307 e. The van der Waals surface area contributed by atoms with Crippen LogP contribution in [0.1, 0.15) is 52.4 Å². The van der Waals surface area contributed by atoms with Crippen molar-refractivity contribution in [3.8, 4) is 0 Å². The van der Waals surface area contributed by atoms with Crippen LogP contribution in [0.15, 0.2) is 0 Å². The third-order valence-electron chi connectivity index (χ3n) is 3.66. The first kappa shape index (κ1) is 17.0. The predicted molar refractivity (Wildman–Crippen MR) is 78.4 cm³/mol. The Morgan fingerprint density at radius 1 is 1.30 bits per heavy atom. The number of hydrogen-bond donors (Lipinski definition) is 1. The summed E-state index contributed by atoms with van der Waals surface area (Å²) in [6, 6.07) is -0.353. The molecule has 0 unspecified atom stereocenters. The van der Waals surface area contributed by atoms with E-state index in [1.54, 1.807) is 6.92 Å². The van der Waals surface area contributed by atoms with Crippen LogP contribution in [0, 0.1) is 0 Å². The normalized spacial score (nSPS) is 19.7. The average molecular weight is 284 g/mol. The summed E-state index contributed by atoms with van der Waals surface area (Å²) in [5.74, 6) is -0.330. The number of nitrogens with one attached hydrogen (secondary N) is 1.